The molecule has 0 aliphatic heterocycles. The molecule has 86 valence electrons. The highest BCUT2D eigenvalue weighted by Gasteiger charge is 2.04. The number of benzene rings is 1. The van der Waals surface area contributed by atoms with Crippen LogP contribution in [0.15, 0.2) is 42.2 Å². The van der Waals surface area contributed by atoms with E-state index in [9.17, 15) is 4.79 Å². The fraction of sp³-hybridized carbons (Fsp3) is 0.308. The Balaban J connectivity index is 2.20. The van der Waals surface area contributed by atoms with Crippen LogP contribution in [0, 0.1) is 0 Å². The number of carbonyl (C=O) groups excluding carboxylic acids is 1. The molecular weight excluding hydrogens is 204 g/mol. The van der Waals surface area contributed by atoms with Gasteiger partial charge in [-0.1, -0.05) is 30.3 Å². The molecule has 3 heteroatoms. The number of aliphatic hydroxyl groups excluding tert-OH is 1. The summed E-state index contributed by atoms with van der Waals surface area (Å²) in [6, 6.07) is 10.0. The van der Waals surface area contributed by atoms with Crippen molar-refractivity contribution in [3.05, 3.63) is 47.7 Å². The molecular formula is C13H16O3. The molecule has 0 heterocycles. The minimum absolute atomic E-state index is 0.222. The summed E-state index contributed by atoms with van der Waals surface area (Å²) in [6.45, 7) is 1.89. The lowest BCUT2D eigenvalue weighted by molar-refractivity contribution is -0.139. The molecule has 0 radical (unpaired) electrons. The molecule has 16 heavy (non-hydrogen) atoms. The monoisotopic (exact) mass is 220 g/mol. The lowest BCUT2D eigenvalue weighted by atomic mass is 10.1. The van der Waals surface area contributed by atoms with Crippen LogP contribution in [-0.4, -0.2) is 17.7 Å². The van der Waals surface area contributed by atoms with E-state index >= 15 is 0 Å². The Morgan fingerprint density at radius 3 is 2.69 bits per heavy atom. The molecule has 0 aliphatic carbocycles. The van der Waals surface area contributed by atoms with Crippen LogP contribution < -0.4 is 0 Å². The van der Waals surface area contributed by atoms with Crippen molar-refractivity contribution in [1.82, 2.24) is 0 Å². The highest BCUT2D eigenvalue weighted by molar-refractivity contribution is 5.87. The molecule has 3 nitrogen and oxygen atoms in total. The fourth-order valence-electron chi connectivity index (χ4n) is 1.25. The maximum atomic E-state index is 11.1. The number of aliphatic hydroxyl groups is 1. The number of ether oxygens (including phenoxy) is 1. The topological polar surface area (TPSA) is 46.5 Å². The second-order valence-corrected chi connectivity index (χ2v) is 3.54. The summed E-state index contributed by atoms with van der Waals surface area (Å²) in [5.74, 6) is -0.462. The SMILES string of the molecule is CC(=CO)C(=O)OCCCc1ccccc1. The molecule has 1 aromatic carbocycles. The molecule has 0 saturated heterocycles. The first-order valence-electron chi connectivity index (χ1n) is 5.26. The third-order valence-corrected chi connectivity index (χ3v) is 2.20. The molecule has 0 aliphatic rings. The van der Waals surface area contributed by atoms with E-state index in [1.807, 2.05) is 30.3 Å². The van der Waals surface area contributed by atoms with Gasteiger partial charge < -0.3 is 9.84 Å². The van der Waals surface area contributed by atoms with E-state index in [0.29, 0.717) is 6.61 Å². The molecule has 0 saturated carbocycles. The van der Waals surface area contributed by atoms with Crippen molar-refractivity contribution in [2.75, 3.05) is 6.61 Å². The number of esters is 1. The van der Waals surface area contributed by atoms with Gasteiger partial charge in [-0.2, -0.15) is 0 Å². The zero-order valence-corrected chi connectivity index (χ0v) is 9.35. The largest absolute Gasteiger partial charge is 0.515 e. The highest BCUT2D eigenvalue weighted by Crippen LogP contribution is 2.03. The van der Waals surface area contributed by atoms with Gasteiger partial charge >= 0.3 is 5.97 Å². The number of hydrogen-bond acceptors (Lipinski definition) is 3. The standard InChI is InChI=1S/C13H16O3/c1-11(10-14)13(15)16-9-5-8-12-6-3-2-4-7-12/h2-4,6-7,10,14H,5,8-9H2,1H3. The van der Waals surface area contributed by atoms with E-state index in [1.165, 1.54) is 12.5 Å². The Hall–Kier alpha value is -1.77. The van der Waals surface area contributed by atoms with Crippen molar-refractivity contribution in [3.8, 4) is 0 Å². The fourth-order valence-corrected chi connectivity index (χ4v) is 1.25. The lowest BCUT2D eigenvalue weighted by Crippen LogP contribution is -2.07. The minimum Gasteiger partial charge on any atom is -0.515 e. The van der Waals surface area contributed by atoms with Crippen LogP contribution in [0.5, 0.6) is 0 Å². The summed E-state index contributed by atoms with van der Waals surface area (Å²) in [4.78, 5) is 11.1. The third kappa shape index (κ3) is 4.17. The maximum Gasteiger partial charge on any atom is 0.336 e. The average Bonchev–Trinajstić information content (AvgIpc) is 2.34. The summed E-state index contributed by atoms with van der Waals surface area (Å²) in [5.41, 5.74) is 1.45. The highest BCUT2D eigenvalue weighted by atomic mass is 16.5. The van der Waals surface area contributed by atoms with Crippen LogP contribution in [0.2, 0.25) is 0 Å². The molecule has 0 atom stereocenters. The first-order valence-corrected chi connectivity index (χ1v) is 5.26. The van der Waals surface area contributed by atoms with Gasteiger partial charge in [-0.05, 0) is 25.3 Å². The Bertz CT molecular complexity index is 355. The van der Waals surface area contributed by atoms with Crippen LogP contribution in [0.1, 0.15) is 18.9 Å². The Labute approximate surface area is 95.4 Å². The van der Waals surface area contributed by atoms with E-state index in [0.717, 1.165) is 19.1 Å². The zero-order chi connectivity index (χ0) is 11.8. The number of hydrogen-bond donors (Lipinski definition) is 1. The molecule has 0 spiro atoms. The lowest BCUT2D eigenvalue weighted by Gasteiger charge is -2.04. The normalized spacial score (nSPS) is 11.2. The zero-order valence-electron chi connectivity index (χ0n) is 9.35. The molecule has 0 amide bonds. The van der Waals surface area contributed by atoms with Gasteiger partial charge in [-0.25, -0.2) is 4.79 Å². The summed E-state index contributed by atoms with van der Waals surface area (Å²) >= 11 is 0. The molecule has 1 N–H and O–H groups in total. The van der Waals surface area contributed by atoms with Crippen LogP contribution in [0.4, 0.5) is 0 Å². The quantitative estimate of drug-likeness (QED) is 0.359. The van der Waals surface area contributed by atoms with E-state index in [4.69, 9.17) is 9.84 Å². The Morgan fingerprint density at radius 2 is 2.06 bits per heavy atom. The van der Waals surface area contributed by atoms with Crippen molar-refractivity contribution in [3.63, 3.8) is 0 Å². The van der Waals surface area contributed by atoms with Crippen molar-refractivity contribution >= 4 is 5.97 Å². The van der Waals surface area contributed by atoms with Crippen molar-refractivity contribution in [1.29, 1.82) is 0 Å². The number of rotatable bonds is 5. The summed E-state index contributed by atoms with van der Waals surface area (Å²) in [5, 5.41) is 8.58. The van der Waals surface area contributed by atoms with Gasteiger partial charge in [0, 0.05) is 0 Å². The predicted molar refractivity (Wildman–Crippen MR) is 62.1 cm³/mol. The summed E-state index contributed by atoms with van der Waals surface area (Å²) in [6.07, 6.45) is 2.43. The molecule has 1 rings (SSSR count). The Kier molecular flexibility index (Phi) is 5.12. The first kappa shape index (κ1) is 12.3. The smallest absolute Gasteiger partial charge is 0.336 e. The van der Waals surface area contributed by atoms with Gasteiger partial charge in [-0.15, -0.1) is 0 Å². The minimum atomic E-state index is -0.462. The third-order valence-electron chi connectivity index (χ3n) is 2.20. The van der Waals surface area contributed by atoms with Gasteiger partial charge in [0.15, 0.2) is 0 Å². The molecule has 1 aromatic rings. The van der Waals surface area contributed by atoms with Crippen LogP contribution in [-0.2, 0) is 16.0 Å². The van der Waals surface area contributed by atoms with Crippen LogP contribution in [0.3, 0.4) is 0 Å². The van der Waals surface area contributed by atoms with Gasteiger partial charge in [-0.3, -0.25) is 0 Å². The van der Waals surface area contributed by atoms with Crippen molar-refractivity contribution in [2.45, 2.75) is 19.8 Å². The van der Waals surface area contributed by atoms with Gasteiger partial charge in [0.05, 0.1) is 18.4 Å². The molecule has 0 fully saturated rings. The van der Waals surface area contributed by atoms with Crippen LogP contribution in [0.25, 0.3) is 0 Å². The molecule has 0 aromatic heterocycles. The van der Waals surface area contributed by atoms with Gasteiger partial charge in [0.1, 0.15) is 0 Å². The summed E-state index contributed by atoms with van der Waals surface area (Å²) in [7, 11) is 0. The van der Waals surface area contributed by atoms with E-state index in [-0.39, 0.29) is 5.57 Å². The Morgan fingerprint density at radius 1 is 1.38 bits per heavy atom. The number of aryl methyl sites for hydroxylation is 1. The predicted octanol–water partition coefficient (Wildman–Crippen LogP) is 2.62. The van der Waals surface area contributed by atoms with E-state index in [2.05, 4.69) is 0 Å². The summed E-state index contributed by atoms with van der Waals surface area (Å²) < 4.78 is 4.95. The van der Waals surface area contributed by atoms with Gasteiger partial charge in [0.25, 0.3) is 0 Å². The van der Waals surface area contributed by atoms with Crippen molar-refractivity contribution < 1.29 is 14.6 Å². The molecule has 0 unspecified atom stereocenters. The molecule has 0 bridgehead atoms. The number of carbonyl (C=O) groups is 1. The second kappa shape index (κ2) is 6.67. The van der Waals surface area contributed by atoms with Crippen LogP contribution >= 0.6 is 0 Å². The van der Waals surface area contributed by atoms with Crippen molar-refractivity contribution in [2.24, 2.45) is 0 Å². The average molecular weight is 220 g/mol. The second-order valence-electron chi connectivity index (χ2n) is 3.54. The van der Waals surface area contributed by atoms with E-state index in [1.54, 1.807) is 0 Å². The maximum absolute atomic E-state index is 11.1. The van der Waals surface area contributed by atoms with Gasteiger partial charge in [0.2, 0.25) is 0 Å². The van der Waals surface area contributed by atoms with E-state index < -0.39 is 5.97 Å². The first-order chi connectivity index (χ1) is 7.74.